The highest BCUT2D eigenvalue weighted by molar-refractivity contribution is 8.03. The molecule has 1 N–H and O–H groups in total. The fourth-order valence-corrected chi connectivity index (χ4v) is 6.19. The van der Waals surface area contributed by atoms with Gasteiger partial charge in [-0.1, -0.05) is 77.3 Å². The van der Waals surface area contributed by atoms with E-state index in [1.807, 2.05) is 18.2 Å². The number of benzene rings is 3. The van der Waals surface area contributed by atoms with Crippen molar-refractivity contribution in [3.8, 4) is 0 Å². The van der Waals surface area contributed by atoms with Crippen molar-refractivity contribution in [2.75, 3.05) is 25.3 Å². The molecule has 0 saturated heterocycles. The van der Waals surface area contributed by atoms with Crippen molar-refractivity contribution in [3.63, 3.8) is 0 Å². The monoisotopic (exact) mass is 539 g/mol. The molecule has 1 heterocycles. The van der Waals surface area contributed by atoms with Gasteiger partial charge in [-0.2, -0.15) is 0 Å². The largest absolute Gasteiger partial charge is 0.465 e. The van der Waals surface area contributed by atoms with Crippen LogP contribution in [0.5, 0.6) is 0 Å². The third-order valence-corrected chi connectivity index (χ3v) is 8.24. The summed E-state index contributed by atoms with van der Waals surface area (Å²) < 4.78 is 10.9. The van der Waals surface area contributed by atoms with Crippen molar-refractivity contribution in [1.82, 2.24) is 10.2 Å². The van der Waals surface area contributed by atoms with E-state index in [9.17, 15) is 14.4 Å². The molecule has 4 rings (SSSR count). The zero-order valence-electron chi connectivity index (χ0n) is 19.3. The van der Waals surface area contributed by atoms with Crippen molar-refractivity contribution in [3.05, 3.63) is 77.4 Å². The minimum absolute atomic E-state index is 0.0820. The summed E-state index contributed by atoms with van der Waals surface area (Å²) in [5, 5.41) is 13.5. The third kappa shape index (κ3) is 6.42. The van der Waals surface area contributed by atoms with Gasteiger partial charge < -0.3 is 14.8 Å². The number of aromatic nitrogens is 2. The van der Waals surface area contributed by atoms with Crippen molar-refractivity contribution < 1.29 is 23.9 Å². The fraction of sp³-hybridized carbons (Fsp3) is 0.160. The number of carbonyl (C=O) groups is 3. The van der Waals surface area contributed by atoms with Gasteiger partial charge in [0.05, 0.1) is 31.1 Å². The number of rotatable bonds is 9. The van der Waals surface area contributed by atoms with Crippen molar-refractivity contribution in [2.45, 2.75) is 14.4 Å². The summed E-state index contributed by atoms with van der Waals surface area (Å²) in [6.45, 7) is 0. The molecule has 11 heteroatoms. The fourth-order valence-electron chi connectivity index (χ4n) is 3.37. The van der Waals surface area contributed by atoms with E-state index in [1.54, 1.807) is 11.8 Å². The molecule has 1 aromatic heterocycles. The minimum Gasteiger partial charge on any atom is -0.465 e. The molecule has 0 radical (unpaired) electrons. The van der Waals surface area contributed by atoms with E-state index in [4.69, 9.17) is 9.47 Å². The molecule has 36 heavy (non-hydrogen) atoms. The van der Waals surface area contributed by atoms with Gasteiger partial charge in [0, 0.05) is 11.4 Å². The van der Waals surface area contributed by atoms with Gasteiger partial charge in [-0.3, -0.25) is 4.79 Å². The Balaban J connectivity index is 1.35. The Morgan fingerprint density at radius 2 is 1.50 bits per heavy atom. The Bertz CT molecular complexity index is 1380. The Morgan fingerprint density at radius 1 is 0.861 bits per heavy atom. The summed E-state index contributed by atoms with van der Waals surface area (Å²) in [7, 11) is 2.47. The standard InChI is InChI=1S/C25H21N3O5S3/c1-32-22(30)17-10-18(23(31)33-2)12-19(11-17)26-21(29)14-35-25-28-27-24(36-25)34-13-16-8-5-7-15-6-3-4-9-20(15)16/h3-12H,13-14H2,1-2H3,(H,26,29). The lowest BCUT2D eigenvalue weighted by Crippen LogP contribution is -2.16. The lowest BCUT2D eigenvalue weighted by molar-refractivity contribution is -0.113. The average Bonchev–Trinajstić information content (AvgIpc) is 3.37. The van der Waals surface area contributed by atoms with E-state index in [0.717, 1.165) is 10.1 Å². The topological polar surface area (TPSA) is 107 Å². The van der Waals surface area contributed by atoms with Gasteiger partial charge in [0.15, 0.2) is 8.68 Å². The molecule has 0 saturated carbocycles. The number of esters is 2. The van der Waals surface area contributed by atoms with Gasteiger partial charge >= 0.3 is 11.9 Å². The molecular weight excluding hydrogens is 518 g/mol. The van der Waals surface area contributed by atoms with Crippen LogP contribution in [0.25, 0.3) is 10.8 Å². The molecule has 0 bridgehead atoms. The second kappa shape index (κ2) is 12.0. The molecule has 0 unspecified atom stereocenters. The number of thioether (sulfide) groups is 2. The molecule has 0 aliphatic rings. The Kier molecular flexibility index (Phi) is 8.57. The van der Waals surface area contributed by atoms with Crippen molar-refractivity contribution >= 4 is 69.2 Å². The summed E-state index contributed by atoms with van der Waals surface area (Å²) in [6, 6.07) is 18.7. The summed E-state index contributed by atoms with van der Waals surface area (Å²) in [6.07, 6.45) is 0. The van der Waals surface area contributed by atoms with Crippen LogP contribution in [0, 0.1) is 0 Å². The minimum atomic E-state index is -0.631. The van der Waals surface area contributed by atoms with Gasteiger partial charge in [-0.05, 0) is 34.5 Å². The molecule has 0 fully saturated rings. The van der Waals surface area contributed by atoms with Gasteiger partial charge in [0.25, 0.3) is 0 Å². The zero-order valence-corrected chi connectivity index (χ0v) is 21.8. The van der Waals surface area contributed by atoms with Crippen LogP contribution < -0.4 is 5.32 Å². The lowest BCUT2D eigenvalue weighted by Gasteiger charge is -2.09. The normalized spacial score (nSPS) is 10.7. The highest BCUT2D eigenvalue weighted by atomic mass is 32.2. The maximum atomic E-state index is 12.5. The third-order valence-electron chi connectivity index (χ3n) is 5.00. The zero-order chi connectivity index (χ0) is 25.5. The summed E-state index contributed by atoms with van der Waals surface area (Å²) >= 11 is 4.29. The van der Waals surface area contributed by atoms with E-state index in [0.29, 0.717) is 4.34 Å². The number of hydrogen-bond acceptors (Lipinski definition) is 10. The Morgan fingerprint density at radius 3 is 2.19 bits per heavy atom. The first-order valence-corrected chi connectivity index (χ1v) is 13.4. The van der Waals surface area contributed by atoms with Crippen LogP contribution in [0.3, 0.4) is 0 Å². The van der Waals surface area contributed by atoms with Crippen LogP contribution in [0.15, 0.2) is 69.3 Å². The molecule has 0 spiro atoms. The number of amides is 1. The molecule has 3 aromatic carbocycles. The van der Waals surface area contributed by atoms with E-state index in [2.05, 4.69) is 39.8 Å². The van der Waals surface area contributed by atoms with Crippen molar-refractivity contribution in [1.29, 1.82) is 0 Å². The molecule has 0 aliphatic heterocycles. The van der Waals surface area contributed by atoms with Crippen LogP contribution in [-0.4, -0.2) is 48.0 Å². The summed E-state index contributed by atoms with van der Waals surface area (Å²) in [5.41, 5.74) is 1.76. The van der Waals surface area contributed by atoms with Gasteiger partial charge in [0.1, 0.15) is 0 Å². The number of carbonyl (C=O) groups excluding carboxylic acids is 3. The van der Waals surface area contributed by atoms with Gasteiger partial charge in [-0.15, -0.1) is 10.2 Å². The number of nitrogens with one attached hydrogen (secondary N) is 1. The predicted octanol–water partition coefficient (Wildman–Crippen LogP) is 5.29. The van der Waals surface area contributed by atoms with Crippen LogP contribution in [0.4, 0.5) is 5.69 Å². The number of anilines is 1. The molecule has 1 amide bonds. The molecule has 4 aromatic rings. The molecule has 184 valence electrons. The predicted molar refractivity (Wildman–Crippen MR) is 142 cm³/mol. The Hall–Kier alpha value is -3.41. The second-order valence-corrected chi connectivity index (χ2v) is 10.8. The van der Waals surface area contributed by atoms with Gasteiger partial charge in [0.2, 0.25) is 5.91 Å². The highest BCUT2D eigenvalue weighted by Crippen LogP contribution is 2.32. The number of nitrogens with zero attached hydrogens (tertiary/aromatic N) is 2. The molecule has 0 aliphatic carbocycles. The first-order valence-electron chi connectivity index (χ1n) is 10.6. The van der Waals surface area contributed by atoms with Crippen LogP contribution in [0.2, 0.25) is 0 Å². The maximum Gasteiger partial charge on any atom is 0.337 e. The number of fused-ring (bicyclic) bond motifs is 1. The van der Waals surface area contributed by atoms with E-state index in [-0.39, 0.29) is 28.5 Å². The summed E-state index contributed by atoms with van der Waals surface area (Å²) in [4.78, 5) is 36.4. The van der Waals surface area contributed by atoms with E-state index < -0.39 is 11.9 Å². The second-order valence-electron chi connectivity index (χ2n) is 7.38. The first-order chi connectivity index (χ1) is 17.5. The first kappa shape index (κ1) is 25.7. The lowest BCUT2D eigenvalue weighted by atomic mass is 10.1. The molecular formula is C25H21N3O5S3. The summed E-state index contributed by atoms with van der Waals surface area (Å²) in [5.74, 6) is -0.738. The van der Waals surface area contributed by atoms with E-state index >= 15 is 0 Å². The SMILES string of the molecule is COC(=O)c1cc(NC(=O)CSc2nnc(SCc3cccc4ccccc34)s2)cc(C(=O)OC)c1. The molecule has 8 nitrogen and oxygen atoms in total. The Labute approximate surface area is 219 Å². The average molecular weight is 540 g/mol. The van der Waals surface area contributed by atoms with E-state index in [1.165, 1.54) is 71.9 Å². The van der Waals surface area contributed by atoms with Crippen LogP contribution in [0.1, 0.15) is 26.3 Å². The maximum absolute atomic E-state index is 12.5. The van der Waals surface area contributed by atoms with Gasteiger partial charge in [-0.25, -0.2) is 9.59 Å². The van der Waals surface area contributed by atoms with Crippen LogP contribution >= 0.6 is 34.9 Å². The number of hydrogen-bond donors (Lipinski definition) is 1. The number of ether oxygens (including phenoxy) is 2. The molecule has 0 atom stereocenters. The van der Waals surface area contributed by atoms with Crippen molar-refractivity contribution in [2.24, 2.45) is 0 Å². The van der Waals surface area contributed by atoms with Crippen LogP contribution in [-0.2, 0) is 20.0 Å². The number of methoxy groups -OCH3 is 2. The quantitative estimate of drug-likeness (QED) is 0.224. The highest BCUT2D eigenvalue weighted by Gasteiger charge is 2.16. The smallest absolute Gasteiger partial charge is 0.337 e.